The van der Waals surface area contributed by atoms with Crippen LogP contribution >= 0.6 is 0 Å². The maximum Gasteiger partial charge on any atom is 0.254 e. The van der Waals surface area contributed by atoms with E-state index in [1.807, 2.05) is 60.7 Å². The Labute approximate surface area is 160 Å². The SMILES string of the molecule is CC(C)c1cc(CC(C)n2cc(F)cc(C(C)C)c2=O)cn(C(C)C)c1=O. The number of nitrogens with zero attached hydrogens (tertiary/aromatic N) is 2. The van der Waals surface area contributed by atoms with Crippen LogP contribution in [0.15, 0.2) is 34.1 Å². The molecule has 1 unspecified atom stereocenters. The fraction of sp³-hybridized carbons (Fsp3) is 0.545. The Kier molecular flexibility index (Phi) is 6.45. The average Bonchev–Trinajstić information content (AvgIpc) is 2.57. The summed E-state index contributed by atoms with van der Waals surface area (Å²) in [4.78, 5) is 25.4. The summed E-state index contributed by atoms with van der Waals surface area (Å²) in [5.41, 5.74) is 2.10. The summed E-state index contributed by atoms with van der Waals surface area (Å²) in [7, 11) is 0. The van der Waals surface area contributed by atoms with Crippen molar-refractivity contribution in [2.45, 2.75) is 78.8 Å². The molecule has 0 saturated heterocycles. The lowest BCUT2D eigenvalue weighted by Crippen LogP contribution is -2.29. The van der Waals surface area contributed by atoms with Crippen LogP contribution in [-0.2, 0) is 6.42 Å². The van der Waals surface area contributed by atoms with E-state index >= 15 is 0 Å². The molecule has 0 saturated carbocycles. The van der Waals surface area contributed by atoms with E-state index in [1.54, 1.807) is 4.57 Å². The molecule has 0 aliphatic carbocycles. The van der Waals surface area contributed by atoms with Gasteiger partial charge in [-0.2, -0.15) is 0 Å². The molecule has 0 aliphatic rings. The van der Waals surface area contributed by atoms with E-state index in [-0.39, 0.29) is 35.0 Å². The molecule has 0 aliphatic heterocycles. The van der Waals surface area contributed by atoms with Gasteiger partial charge in [-0.15, -0.1) is 0 Å². The van der Waals surface area contributed by atoms with Crippen molar-refractivity contribution in [3.8, 4) is 0 Å². The lowest BCUT2D eigenvalue weighted by Gasteiger charge is -2.20. The van der Waals surface area contributed by atoms with Gasteiger partial charge in [-0.1, -0.05) is 27.7 Å². The highest BCUT2D eigenvalue weighted by Gasteiger charge is 2.17. The van der Waals surface area contributed by atoms with Gasteiger partial charge in [0.1, 0.15) is 5.82 Å². The molecule has 0 fully saturated rings. The lowest BCUT2D eigenvalue weighted by atomic mass is 9.99. The second-order valence-electron chi connectivity index (χ2n) is 8.30. The number of aromatic nitrogens is 2. The van der Waals surface area contributed by atoms with Crippen LogP contribution in [0.4, 0.5) is 4.39 Å². The number of hydrogen-bond acceptors (Lipinski definition) is 2. The molecule has 0 bridgehead atoms. The van der Waals surface area contributed by atoms with Gasteiger partial charge in [0.15, 0.2) is 0 Å². The molecule has 27 heavy (non-hydrogen) atoms. The molecule has 2 rings (SSSR count). The number of rotatable bonds is 6. The first-order valence-corrected chi connectivity index (χ1v) is 9.69. The zero-order chi connectivity index (χ0) is 20.5. The minimum atomic E-state index is -0.403. The molecule has 2 aromatic heterocycles. The highest BCUT2D eigenvalue weighted by molar-refractivity contribution is 5.24. The van der Waals surface area contributed by atoms with Gasteiger partial charge >= 0.3 is 0 Å². The summed E-state index contributed by atoms with van der Waals surface area (Å²) in [5, 5.41) is 0. The quantitative estimate of drug-likeness (QED) is 0.730. The van der Waals surface area contributed by atoms with Crippen molar-refractivity contribution >= 4 is 0 Å². The normalized spacial score (nSPS) is 13.0. The molecular formula is C22H31FN2O2. The van der Waals surface area contributed by atoms with Gasteiger partial charge in [0.2, 0.25) is 0 Å². The van der Waals surface area contributed by atoms with Crippen LogP contribution in [0.1, 0.15) is 89.1 Å². The van der Waals surface area contributed by atoms with Gasteiger partial charge in [-0.05, 0) is 56.7 Å². The molecule has 4 nitrogen and oxygen atoms in total. The Morgan fingerprint density at radius 1 is 0.815 bits per heavy atom. The van der Waals surface area contributed by atoms with Crippen molar-refractivity contribution in [2.24, 2.45) is 0 Å². The number of hydrogen-bond donors (Lipinski definition) is 0. The van der Waals surface area contributed by atoms with Crippen LogP contribution in [0.25, 0.3) is 0 Å². The standard InChI is InChI=1S/C22H31FN2O2/c1-13(2)19-9-17(11-24(15(5)6)21(19)26)8-16(7)25-12-18(23)10-20(14(3)4)22(25)27/h9-16H,8H2,1-7H3. The Morgan fingerprint density at radius 3 is 1.85 bits per heavy atom. The smallest absolute Gasteiger partial charge is 0.254 e. The molecule has 0 aromatic carbocycles. The highest BCUT2D eigenvalue weighted by Crippen LogP contribution is 2.19. The largest absolute Gasteiger partial charge is 0.313 e. The summed E-state index contributed by atoms with van der Waals surface area (Å²) >= 11 is 0. The fourth-order valence-corrected chi connectivity index (χ4v) is 3.36. The van der Waals surface area contributed by atoms with Gasteiger partial charge in [0.25, 0.3) is 11.1 Å². The van der Waals surface area contributed by atoms with Crippen LogP contribution < -0.4 is 11.1 Å². The van der Waals surface area contributed by atoms with Gasteiger partial charge < -0.3 is 9.13 Å². The van der Waals surface area contributed by atoms with Crippen molar-refractivity contribution < 1.29 is 4.39 Å². The Morgan fingerprint density at radius 2 is 1.33 bits per heavy atom. The molecule has 5 heteroatoms. The molecule has 0 spiro atoms. The summed E-state index contributed by atoms with van der Waals surface area (Å²) < 4.78 is 17.3. The summed E-state index contributed by atoms with van der Waals surface area (Å²) in [6.07, 6.45) is 3.69. The third-order valence-corrected chi connectivity index (χ3v) is 4.97. The van der Waals surface area contributed by atoms with Crippen molar-refractivity contribution in [1.29, 1.82) is 0 Å². The van der Waals surface area contributed by atoms with E-state index in [4.69, 9.17) is 0 Å². The Bertz CT molecular complexity index is 891. The molecule has 1 atom stereocenters. The molecule has 2 heterocycles. The fourth-order valence-electron chi connectivity index (χ4n) is 3.36. The van der Waals surface area contributed by atoms with Crippen molar-refractivity contribution in [1.82, 2.24) is 9.13 Å². The van der Waals surface area contributed by atoms with E-state index in [0.717, 1.165) is 11.1 Å². The maximum atomic E-state index is 14.1. The van der Waals surface area contributed by atoms with Gasteiger partial charge in [0.05, 0.1) is 0 Å². The first kappa shape index (κ1) is 21.1. The summed E-state index contributed by atoms with van der Waals surface area (Å²) in [6.45, 7) is 13.6. The van der Waals surface area contributed by atoms with Crippen LogP contribution in [0.3, 0.4) is 0 Å². The maximum absolute atomic E-state index is 14.1. The first-order chi connectivity index (χ1) is 12.5. The van der Waals surface area contributed by atoms with Crippen molar-refractivity contribution in [3.05, 3.63) is 67.7 Å². The molecule has 2 aromatic rings. The molecular weight excluding hydrogens is 343 g/mol. The number of pyridine rings is 2. The van der Waals surface area contributed by atoms with E-state index in [1.165, 1.54) is 16.8 Å². The number of halogens is 1. The third kappa shape index (κ3) is 4.57. The zero-order valence-electron chi connectivity index (χ0n) is 17.4. The first-order valence-electron chi connectivity index (χ1n) is 9.69. The second kappa shape index (κ2) is 8.24. The Hall–Kier alpha value is -2.17. The Balaban J connectivity index is 2.49. The topological polar surface area (TPSA) is 44.0 Å². The summed E-state index contributed by atoms with van der Waals surface area (Å²) in [6, 6.07) is 3.08. The van der Waals surface area contributed by atoms with Crippen LogP contribution in [0.5, 0.6) is 0 Å². The minimum Gasteiger partial charge on any atom is -0.313 e. The predicted octanol–water partition coefficient (Wildman–Crippen LogP) is 4.78. The van der Waals surface area contributed by atoms with E-state index < -0.39 is 5.82 Å². The monoisotopic (exact) mass is 374 g/mol. The van der Waals surface area contributed by atoms with E-state index in [9.17, 15) is 14.0 Å². The van der Waals surface area contributed by atoms with Crippen LogP contribution in [-0.4, -0.2) is 9.13 Å². The zero-order valence-corrected chi connectivity index (χ0v) is 17.4. The van der Waals surface area contributed by atoms with Crippen LogP contribution in [0.2, 0.25) is 0 Å². The average molecular weight is 375 g/mol. The van der Waals surface area contributed by atoms with E-state index in [2.05, 4.69) is 0 Å². The lowest BCUT2D eigenvalue weighted by molar-refractivity contribution is 0.490. The highest BCUT2D eigenvalue weighted by atomic mass is 19.1. The van der Waals surface area contributed by atoms with Crippen LogP contribution in [0, 0.1) is 5.82 Å². The van der Waals surface area contributed by atoms with Gasteiger partial charge in [-0.25, -0.2) is 4.39 Å². The predicted molar refractivity (Wildman–Crippen MR) is 108 cm³/mol. The molecule has 0 N–H and O–H groups in total. The molecule has 0 radical (unpaired) electrons. The van der Waals surface area contributed by atoms with Crippen molar-refractivity contribution in [2.75, 3.05) is 0 Å². The van der Waals surface area contributed by atoms with Crippen molar-refractivity contribution in [3.63, 3.8) is 0 Å². The van der Waals surface area contributed by atoms with Gasteiger partial charge in [-0.3, -0.25) is 9.59 Å². The molecule has 148 valence electrons. The second-order valence-corrected chi connectivity index (χ2v) is 8.30. The van der Waals surface area contributed by atoms with E-state index in [0.29, 0.717) is 12.0 Å². The summed E-state index contributed by atoms with van der Waals surface area (Å²) in [5.74, 6) is -0.329. The third-order valence-electron chi connectivity index (χ3n) is 4.97. The molecule has 0 amide bonds. The minimum absolute atomic E-state index is 0.0291. The van der Waals surface area contributed by atoms with Gasteiger partial charge in [0, 0.05) is 35.6 Å².